The molecule has 0 saturated heterocycles. The lowest BCUT2D eigenvalue weighted by molar-refractivity contribution is 0.173. The number of aliphatic hydroxyl groups excluding tert-OH is 1. The van der Waals surface area contributed by atoms with Crippen molar-refractivity contribution in [3.8, 4) is 0 Å². The Morgan fingerprint density at radius 2 is 1.75 bits per heavy atom. The Balaban J connectivity index is 1.92. The molecule has 0 aliphatic carbocycles. The molecule has 2 N–H and O–H groups in total. The third-order valence-electron chi connectivity index (χ3n) is 3.55. The fourth-order valence-electron chi connectivity index (χ4n) is 2.24. The van der Waals surface area contributed by atoms with Gasteiger partial charge in [-0.1, -0.05) is 57.2 Å². The fraction of sp³-hybridized carbons (Fsp3) is 0.444. The molecule has 0 fully saturated rings. The van der Waals surface area contributed by atoms with Gasteiger partial charge in [-0.2, -0.15) is 0 Å². The summed E-state index contributed by atoms with van der Waals surface area (Å²) < 4.78 is 0. The highest BCUT2D eigenvalue weighted by Gasteiger charge is 2.11. The van der Waals surface area contributed by atoms with Crippen LogP contribution in [0.2, 0.25) is 0 Å². The summed E-state index contributed by atoms with van der Waals surface area (Å²) in [6.07, 6.45) is 0.664. The Kier molecular flexibility index (Phi) is 4.79. The number of hydrogen-bond acceptors (Lipinski definition) is 2. The second kappa shape index (κ2) is 6.38. The van der Waals surface area contributed by atoms with Gasteiger partial charge in [0.25, 0.3) is 0 Å². The maximum absolute atomic E-state index is 10.2. The number of benzene rings is 2. The van der Waals surface area contributed by atoms with E-state index in [9.17, 15) is 5.11 Å². The number of hydrogen-bond donors (Lipinski definition) is 2. The van der Waals surface area contributed by atoms with Gasteiger partial charge < -0.3 is 10.4 Å². The summed E-state index contributed by atoms with van der Waals surface area (Å²) in [5.41, 5.74) is 1.31. The predicted molar refractivity (Wildman–Crippen MR) is 85.8 cm³/mol. The van der Waals surface area contributed by atoms with E-state index < -0.39 is 6.10 Å². The molecular weight excluding hydrogens is 246 g/mol. The molecule has 0 aromatic heterocycles. The largest absolute Gasteiger partial charge is 0.387 e. The van der Waals surface area contributed by atoms with Crippen LogP contribution in [0.25, 0.3) is 10.8 Å². The van der Waals surface area contributed by atoms with Crippen molar-refractivity contribution in [2.75, 3.05) is 13.1 Å². The van der Waals surface area contributed by atoms with Crippen molar-refractivity contribution in [1.29, 1.82) is 0 Å². The lowest BCUT2D eigenvalue weighted by Gasteiger charge is -2.19. The molecule has 0 heterocycles. The summed E-state index contributed by atoms with van der Waals surface area (Å²) in [6.45, 7) is 8.24. The maximum Gasteiger partial charge on any atom is 0.0914 e. The second-order valence-electron chi connectivity index (χ2n) is 6.64. The Morgan fingerprint density at radius 3 is 2.45 bits per heavy atom. The van der Waals surface area contributed by atoms with Crippen LogP contribution in [0.15, 0.2) is 42.5 Å². The van der Waals surface area contributed by atoms with Crippen LogP contribution < -0.4 is 5.32 Å². The van der Waals surface area contributed by atoms with E-state index in [-0.39, 0.29) is 0 Å². The zero-order chi connectivity index (χ0) is 14.6. The molecule has 0 aliphatic heterocycles. The SMILES string of the molecule is CC(C)(C)CCNCC(O)c1ccc2ccccc2c1. The topological polar surface area (TPSA) is 32.3 Å². The summed E-state index contributed by atoms with van der Waals surface area (Å²) in [5.74, 6) is 0. The molecule has 2 heteroatoms. The van der Waals surface area contributed by atoms with Gasteiger partial charge in [0, 0.05) is 6.54 Å². The monoisotopic (exact) mass is 271 g/mol. The molecule has 2 aromatic rings. The predicted octanol–water partition coefficient (Wildman–Crippen LogP) is 3.90. The standard InChI is InChI=1S/C18H25NO/c1-18(2,3)10-11-19-13-17(20)16-9-8-14-6-4-5-7-15(14)12-16/h4-9,12,17,19-20H,10-11,13H2,1-3H3. The van der Waals surface area contributed by atoms with Crippen molar-refractivity contribution in [3.05, 3.63) is 48.0 Å². The fourth-order valence-corrected chi connectivity index (χ4v) is 2.24. The summed E-state index contributed by atoms with van der Waals surface area (Å²) in [4.78, 5) is 0. The lowest BCUT2D eigenvalue weighted by atomic mass is 9.92. The van der Waals surface area contributed by atoms with Gasteiger partial charge in [-0.25, -0.2) is 0 Å². The highest BCUT2D eigenvalue weighted by molar-refractivity contribution is 5.83. The third kappa shape index (κ3) is 4.32. The van der Waals surface area contributed by atoms with Crippen molar-refractivity contribution in [2.45, 2.75) is 33.3 Å². The summed E-state index contributed by atoms with van der Waals surface area (Å²) in [5, 5.41) is 16.0. The van der Waals surface area contributed by atoms with Gasteiger partial charge >= 0.3 is 0 Å². The zero-order valence-corrected chi connectivity index (χ0v) is 12.7. The van der Waals surface area contributed by atoms with Crippen LogP contribution in [-0.4, -0.2) is 18.2 Å². The number of aliphatic hydroxyl groups is 1. The lowest BCUT2D eigenvalue weighted by Crippen LogP contribution is -2.25. The van der Waals surface area contributed by atoms with E-state index in [1.807, 2.05) is 18.2 Å². The molecule has 0 radical (unpaired) electrons. The van der Waals surface area contributed by atoms with Crippen LogP contribution in [0.5, 0.6) is 0 Å². The molecule has 0 spiro atoms. The van der Waals surface area contributed by atoms with Gasteiger partial charge in [0.1, 0.15) is 0 Å². The molecule has 2 nitrogen and oxygen atoms in total. The van der Waals surface area contributed by atoms with Crippen LogP contribution in [0, 0.1) is 5.41 Å². The van der Waals surface area contributed by atoms with E-state index in [0.29, 0.717) is 12.0 Å². The Bertz CT molecular complexity index is 557. The Hall–Kier alpha value is -1.38. The summed E-state index contributed by atoms with van der Waals surface area (Å²) in [6, 6.07) is 14.4. The van der Waals surface area contributed by atoms with E-state index in [1.54, 1.807) is 0 Å². The van der Waals surface area contributed by atoms with Gasteiger partial charge in [0.15, 0.2) is 0 Å². The molecule has 0 bridgehead atoms. The molecule has 2 rings (SSSR count). The molecule has 2 aromatic carbocycles. The summed E-state index contributed by atoms with van der Waals surface area (Å²) >= 11 is 0. The van der Waals surface area contributed by atoms with Gasteiger partial charge in [-0.15, -0.1) is 0 Å². The van der Waals surface area contributed by atoms with Crippen LogP contribution in [-0.2, 0) is 0 Å². The minimum Gasteiger partial charge on any atom is -0.387 e. The van der Waals surface area contributed by atoms with Crippen LogP contribution in [0.1, 0.15) is 38.9 Å². The second-order valence-corrected chi connectivity index (χ2v) is 6.64. The van der Waals surface area contributed by atoms with E-state index >= 15 is 0 Å². The van der Waals surface area contributed by atoms with Crippen molar-refractivity contribution in [1.82, 2.24) is 5.32 Å². The first kappa shape index (κ1) is 15.0. The molecule has 1 atom stereocenters. The van der Waals surface area contributed by atoms with E-state index in [0.717, 1.165) is 18.5 Å². The van der Waals surface area contributed by atoms with Crippen molar-refractivity contribution >= 4 is 10.8 Å². The first-order valence-electron chi connectivity index (χ1n) is 7.33. The molecule has 20 heavy (non-hydrogen) atoms. The van der Waals surface area contributed by atoms with Gasteiger partial charge in [-0.05, 0) is 40.8 Å². The minimum atomic E-state index is -0.445. The van der Waals surface area contributed by atoms with Crippen molar-refractivity contribution in [2.24, 2.45) is 5.41 Å². The normalized spacial score (nSPS) is 13.6. The number of nitrogens with one attached hydrogen (secondary N) is 1. The molecule has 1 unspecified atom stereocenters. The molecule has 0 aliphatic rings. The van der Waals surface area contributed by atoms with E-state index in [4.69, 9.17) is 0 Å². The molecule has 0 amide bonds. The molecule has 108 valence electrons. The van der Waals surface area contributed by atoms with Gasteiger partial charge in [0.05, 0.1) is 6.10 Å². The third-order valence-corrected chi connectivity index (χ3v) is 3.55. The average Bonchev–Trinajstić information content (AvgIpc) is 2.42. The van der Waals surface area contributed by atoms with Crippen molar-refractivity contribution < 1.29 is 5.11 Å². The van der Waals surface area contributed by atoms with Crippen LogP contribution >= 0.6 is 0 Å². The zero-order valence-electron chi connectivity index (χ0n) is 12.7. The smallest absolute Gasteiger partial charge is 0.0914 e. The van der Waals surface area contributed by atoms with Gasteiger partial charge in [0.2, 0.25) is 0 Å². The first-order valence-corrected chi connectivity index (χ1v) is 7.33. The minimum absolute atomic E-state index is 0.334. The Labute approximate surface area is 121 Å². The number of rotatable bonds is 5. The van der Waals surface area contributed by atoms with Crippen LogP contribution in [0.3, 0.4) is 0 Å². The highest BCUT2D eigenvalue weighted by atomic mass is 16.3. The molecular formula is C18H25NO. The maximum atomic E-state index is 10.2. The quantitative estimate of drug-likeness (QED) is 0.808. The van der Waals surface area contributed by atoms with Crippen LogP contribution in [0.4, 0.5) is 0 Å². The average molecular weight is 271 g/mol. The molecule has 0 saturated carbocycles. The van der Waals surface area contributed by atoms with Gasteiger partial charge in [-0.3, -0.25) is 0 Å². The van der Waals surface area contributed by atoms with E-state index in [1.165, 1.54) is 10.8 Å². The van der Waals surface area contributed by atoms with Crippen molar-refractivity contribution in [3.63, 3.8) is 0 Å². The van der Waals surface area contributed by atoms with E-state index in [2.05, 4.69) is 50.4 Å². The first-order chi connectivity index (χ1) is 9.46. The Morgan fingerprint density at radius 1 is 1.05 bits per heavy atom. The summed E-state index contributed by atoms with van der Waals surface area (Å²) in [7, 11) is 0. The number of fused-ring (bicyclic) bond motifs is 1. The highest BCUT2D eigenvalue weighted by Crippen LogP contribution is 2.20.